The molecule has 0 aliphatic carbocycles. The maximum absolute atomic E-state index is 12.0. The highest BCUT2D eigenvalue weighted by molar-refractivity contribution is 5.72. The Hall–Kier alpha value is -1.59. The van der Waals surface area contributed by atoms with Gasteiger partial charge >= 0.3 is 6.18 Å². The Kier molecular flexibility index (Phi) is 2.22. The molecule has 1 N–H and O–H groups in total. The maximum atomic E-state index is 12.0. The molecule has 1 rings (SSSR count). The maximum Gasteiger partial charge on any atom is 0.437 e. The molecule has 3 nitrogen and oxygen atoms in total. The Bertz CT molecular complexity index is 335. The number of rotatable bonds is 1. The molecule has 1 aromatic heterocycles. The number of hydrogen-bond acceptors (Lipinski definition) is 3. The number of nitrogens with zero attached hydrogens (tertiary/aromatic N) is 1. The van der Waals surface area contributed by atoms with Crippen LogP contribution in [0.15, 0.2) is 12.1 Å². The van der Waals surface area contributed by atoms with E-state index in [0.29, 0.717) is 0 Å². The Morgan fingerprint density at radius 2 is 2.00 bits per heavy atom. The number of halogens is 3. The van der Waals surface area contributed by atoms with E-state index in [1.54, 1.807) is 0 Å². The molecule has 0 saturated carbocycles. The highest BCUT2D eigenvalue weighted by atomic mass is 19.4. The minimum atomic E-state index is -4.75. The van der Waals surface area contributed by atoms with Crippen LogP contribution in [0.5, 0.6) is 5.75 Å². The van der Waals surface area contributed by atoms with Crippen LogP contribution in [0.25, 0.3) is 0 Å². The van der Waals surface area contributed by atoms with E-state index in [1.165, 1.54) is 0 Å². The molecular formula is C7H4F3NO2. The number of aromatic hydroxyl groups is 1. The summed E-state index contributed by atoms with van der Waals surface area (Å²) in [7, 11) is 0. The van der Waals surface area contributed by atoms with Crippen molar-refractivity contribution in [2.45, 2.75) is 6.18 Å². The lowest BCUT2D eigenvalue weighted by molar-refractivity contribution is -0.142. The molecule has 0 spiro atoms. The minimum Gasteiger partial charge on any atom is -0.506 e. The van der Waals surface area contributed by atoms with Crippen molar-refractivity contribution in [1.29, 1.82) is 0 Å². The second-order valence-corrected chi connectivity index (χ2v) is 2.22. The van der Waals surface area contributed by atoms with Crippen molar-refractivity contribution < 1.29 is 23.1 Å². The molecule has 0 atom stereocenters. The average molecular weight is 191 g/mol. The molecule has 13 heavy (non-hydrogen) atoms. The van der Waals surface area contributed by atoms with E-state index in [-0.39, 0.29) is 12.0 Å². The van der Waals surface area contributed by atoms with E-state index >= 15 is 0 Å². The van der Waals surface area contributed by atoms with Crippen molar-refractivity contribution in [3.8, 4) is 5.75 Å². The van der Waals surface area contributed by atoms with Gasteiger partial charge in [0, 0.05) is 0 Å². The number of aromatic nitrogens is 1. The zero-order valence-corrected chi connectivity index (χ0v) is 6.17. The minimum absolute atomic E-state index is 0.175. The number of carbonyl (C=O) groups is 1. The van der Waals surface area contributed by atoms with Gasteiger partial charge in [0.15, 0.2) is 12.0 Å². The molecule has 70 valence electrons. The monoisotopic (exact) mass is 191 g/mol. The zero-order valence-electron chi connectivity index (χ0n) is 6.17. The lowest BCUT2D eigenvalue weighted by atomic mass is 10.3. The van der Waals surface area contributed by atoms with E-state index in [2.05, 4.69) is 4.98 Å². The summed E-state index contributed by atoms with van der Waals surface area (Å²) in [5, 5.41) is 8.77. The lowest BCUT2D eigenvalue weighted by Crippen LogP contribution is -2.09. The smallest absolute Gasteiger partial charge is 0.437 e. The van der Waals surface area contributed by atoms with Crippen LogP contribution in [0.2, 0.25) is 0 Å². The third-order valence-electron chi connectivity index (χ3n) is 1.28. The highest BCUT2D eigenvalue weighted by Crippen LogP contribution is 2.33. The van der Waals surface area contributed by atoms with Crippen LogP contribution in [0.3, 0.4) is 0 Å². The molecule has 0 aliphatic heterocycles. The molecule has 1 heterocycles. The fourth-order valence-corrected chi connectivity index (χ4v) is 0.741. The number of hydrogen-bond donors (Lipinski definition) is 1. The third-order valence-corrected chi connectivity index (χ3v) is 1.28. The predicted molar refractivity (Wildman–Crippen MR) is 36.3 cm³/mol. The second kappa shape index (κ2) is 3.04. The van der Waals surface area contributed by atoms with Crippen molar-refractivity contribution >= 4 is 6.29 Å². The normalized spacial score (nSPS) is 11.3. The van der Waals surface area contributed by atoms with Gasteiger partial charge in [0.2, 0.25) is 0 Å². The largest absolute Gasteiger partial charge is 0.506 e. The number of aldehydes is 1. The van der Waals surface area contributed by atoms with Gasteiger partial charge < -0.3 is 5.11 Å². The molecular weight excluding hydrogens is 187 g/mol. The third kappa shape index (κ3) is 1.95. The van der Waals surface area contributed by atoms with Crippen molar-refractivity contribution in [3.05, 3.63) is 23.5 Å². The molecule has 6 heteroatoms. The summed E-state index contributed by atoms with van der Waals surface area (Å²) in [6, 6.07) is 1.77. The highest BCUT2D eigenvalue weighted by Gasteiger charge is 2.36. The van der Waals surface area contributed by atoms with Crippen molar-refractivity contribution in [1.82, 2.24) is 4.98 Å². The number of alkyl halides is 3. The van der Waals surface area contributed by atoms with Crippen LogP contribution in [0.1, 0.15) is 16.2 Å². The fourth-order valence-electron chi connectivity index (χ4n) is 0.741. The van der Waals surface area contributed by atoms with Gasteiger partial charge in [-0.1, -0.05) is 0 Å². The first-order valence-corrected chi connectivity index (χ1v) is 3.17. The SMILES string of the molecule is O=Cc1ccc(O)c(C(F)(F)F)n1. The molecule has 0 bridgehead atoms. The summed E-state index contributed by atoms with van der Waals surface area (Å²) in [5.41, 5.74) is -1.82. The standard InChI is InChI=1S/C7H4F3NO2/c8-7(9,10)6-5(13)2-1-4(3-12)11-6/h1-3,13H. The van der Waals surface area contributed by atoms with Gasteiger partial charge in [0.25, 0.3) is 0 Å². The molecule has 0 fully saturated rings. The first-order valence-electron chi connectivity index (χ1n) is 3.17. The number of pyridine rings is 1. The van der Waals surface area contributed by atoms with Gasteiger partial charge in [0.05, 0.1) is 0 Å². The molecule has 0 amide bonds. The zero-order chi connectivity index (χ0) is 10.1. The summed E-state index contributed by atoms with van der Waals surface area (Å²) in [4.78, 5) is 13.0. The first-order chi connectivity index (χ1) is 5.95. The summed E-state index contributed by atoms with van der Waals surface area (Å²) < 4.78 is 36.1. The van der Waals surface area contributed by atoms with Gasteiger partial charge in [-0.15, -0.1) is 0 Å². The second-order valence-electron chi connectivity index (χ2n) is 2.22. The van der Waals surface area contributed by atoms with Gasteiger partial charge in [-0.25, -0.2) is 4.98 Å². The quantitative estimate of drug-likeness (QED) is 0.686. The molecule has 0 unspecified atom stereocenters. The van der Waals surface area contributed by atoms with Crippen LogP contribution in [0.4, 0.5) is 13.2 Å². The Balaban J connectivity index is 3.27. The van der Waals surface area contributed by atoms with Gasteiger partial charge in [-0.05, 0) is 12.1 Å². The van der Waals surface area contributed by atoms with Crippen molar-refractivity contribution in [2.75, 3.05) is 0 Å². The van der Waals surface area contributed by atoms with Gasteiger partial charge in [0.1, 0.15) is 11.4 Å². The van der Waals surface area contributed by atoms with Crippen molar-refractivity contribution in [3.63, 3.8) is 0 Å². The van der Waals surface area contributed by atoms with Crippen LogP contribution in [-0.4, -0.2) is 16.4 Å². The molecule has 1 aromatic rings. The molecule has 0 saturated heterocycles. The molecule has 0 aromatic carbocycles. The fraction of sp³-hybridized carbons (Fsp3) is 0.143. The van der Waals surface area contributed by atoms with Crippen molar-refractivity contribution in [2.24, 2.45) is 0 Å². The average Bonchev–Trinajstić information content (AvgIpc) is 2.03. The number of carbonyl (C=O) groups excluding carboxylic acids is 1. The summed E-state index contributed by atoms with van der Waals surface area (Å²) >= 11 is 0. The van der Waals surface area contributed by atoms with E-state index in [9.17, 15) is 18.0 Å². The van der Waals surface area contributed by atoms with Gasteiger partial charge in [-0.3, -0.25) is 4.79 Å². The van der Waals surface area contributed by atoms with E-state index < -0.39 is 17.6 Å². The van der Waals surface area contributed by atoms with Crippen LogP contribution >= 0.6 is 0 Å². The summed E-state index contributed by atoms with van der Waals surface area (Å²) in [6.07, 6.45) is -4.57. The topological polar surface area (TPSA) is 50.2 Å². The van der Waals surface area contributed by atoms with Crippen LogP contribution in [-0.2, 0) is 6.18 Å². The Labute approximate surface area is 70.8 Å². The van der Waals surface area contributed by atoms with Crippen LogP contribution < -0.4 is 0 Å². The summed E-state index contributed by atoms with van der Waals surface area (Å²) in [6.45, 7) is 0. The summed E-state index contributed by atoms with van der Waals surface area (Å²) in [5.74, 6) is -0.988. The molecule has 0 aliphatic rings. The van der Waals surface area contributed by atoms with E-state index in [1.807, 2.05) is 0 Å². The predicted octanol–water partition coefficient (Wildman–Crippen LogP) is 1.62. The van der Waals surface area contributed by atoms with E-state index in [0.717, 1.165) is 12.1 Å². The Morgan fingerprint density at radius 3 is 2.46 bits per heavy atom. The molecule has 0 radical (unpaired) electrons. The lowest BCUT2D eigenvalue weighted by Gasteiger charge is -2.07. The van der Waals surface area contributed by atoms with Crippen LogP contribution in [0, 0.1) is 0 Å². The van der Waals surface area contributed by atoms with E-state index in [4.69, 9.17) is 5.11 Å². The first kappa shape index (κ1) is 9.50. The van der Waals surface area contributed by atoms with Gasteiger partial charge in [-0.2, -0.15) is 13.2 Å². The Morgan fingerprint density at radius 1 is 1.38 bits per heavy atom.